The van der Waals surface area contributed by atoms with E-state index in [0.717, 1.165) is 13.1 Å². The number of hydrogen-bond donors (Lipinski definition) is 2. The number of carbonyl (C=O) groups is 1. The van der Waals surface area contributed by atoms with E-state index in [0.29, 0.717) is 34.5 Å². The minimum atomic E-state index is -0.912. The number of aliphatic carboxylic acids is 1. The number of carboxylic acid groups (broad SMARTS) is 1. The molecule has 2 rings (SSSR count). The van der Waals surface area contributed by atoms with Gasteiger partial charge in [0.1, 0.15) is 6.04 Å². The van der Waals surface area contributed by atoms with Gasteiger partial charge in [0, 0.05) is 25.7 Å². The minimum absolute atomic E-state index is 0.110. The Morgan fingerprint density at radius 3 is 2.64 bits per heavy atom. The standard InChI is InChI=1S/C15H20Cl2N2O3/c1-3-22-14-11(16)6-10(7-12(14)17)13(15(20)21)19-5-4-18-8-9(19)2/h6-7,9,13,18H,3-5,8H2,1-2H3,(H,20,21). The van der Waals surface area contributed by atoms with Crippen LogP contribution in [0.25, 0.3) is 0 Å². The van der Waals surface area contributed by atoms with E-state index in [9.17, 15) is 9.90 Å². The summed E-state index contributed by atoms with van der Waals surface area (Å²) in [6.45, 7) is 6.44. The van der Waals surface area contributed by atoms with Crippen LogP contribution in [0, 0.1) is 0 Å². The zero-order chi connectivity index (χ0) is 16.3. The fourth-order valence-electron chi connectivity index (χ4n) is 2.74. The highest BCUT2D eigenvalue weighted by Gasteiger charge is 2.33. The van der Waals surface area contributed by atoms with Crippen LogP contribution >= 0.6 is 23.2 Å². The molecule has 1 aliphatic heterocycles. The van der Waals surface area contributed by atoms with Crippen LogP contribution in [0.3, 0.4) is 0 Å². The molecule has 1 saturated heterocycles. The third kappa shape index (κ3) is 3.66. The Morgan fingerprint density at radius 2 is 2.14 bits per heavy atom. The van der Waals surface area contributed by atoms with Crippen LogP contribution in [0.1, 0.15) is 25.5 Å². The molecule has 1 aromatic rings. The van der Waals surface area contributed by atoms with Gasteiger partial charge >= 0.3 is 5.97 Å². The highest BCUT2D eigenvalue weighted by molar-refractivity contribution is 6.37. The summed E-state index contributed by atoms with van der Waals surface area (Å²) in [7, 11) is 0. The maximum atomic E-state index is 11.8. The number of benzene rings is 1. The van der Waals surface area contributed by atoms with Crippen LogP contribution in [0.15, 0.2) is 12.1 Å². The Bertz CT molecular complexity index is 531. The Kier molecular flexibility index (Phi) is 5.92. The summed E-state index contributed by atoms with van der Waals surface area (Å²) >= 11 is 12.4. The average Bonchev–Trinajstić information content (AvgIpc) is 2.45. The molecule has 0 spiro atoms. The van der Waals surface area contributed by atoms with Crippen molar-refractivity contribution in [3.8, 4) is 5.75 Å². The summed E-state index contributed by atoms with van der Waals surface area (Å²) in [5, 5.41) is 13.6. The highest BCUT2D eigenvalue weighted by Crippen LogP contribution is 2.37. The Balaban J connectivity index is 2.38. The average molecular weight is 347 g/mol. The quantitative estimate of drug-likeness (QED) is 0.858. The number of hydrogen-bond acceptors (Lipinski definition) is 4. The lowest BCUT2D eigenvalue weighted by Gasteiger charge is -2.38. The SMILES string of the molecule is CCOc1c(Cl)cc(C(C(=O)O)N2CCNCC2C)cc1Cl. The maximum Gasteiger partial charge on any atom is 0.325 e. The van der Waals surface area contributed by atoms with Crippen LogP contribution in [0.2, 0.25) is 10.0 Å². The zero-order valence-corrected chi connectivity index (χ0v) is 14.1. The van der Waals surface area contributed by atoms with Crippen LogP contribution in [-0.4, -0.2) is 48.3 Å². The molecule has 122 valence electrons. The monoisotopic (exact) mass is 346 g/mol. The van der Waals surface area contributed by atoms with Gasteiger partial charge in [-0.2, -0.15) is 0 Å². The van der Waals surface area contributed by atoms with Crippen LogP contribution in [-0.2, 0) is 4.79 Å². The molecule has 5 nitrogen and oxygen atoms in total. The molecule has 2 atom stereocenters. The maximum absolute atomic E-state index is 11.8. The molecular formula is C15H20Cl2N2O3. The Morgan fingerprint density at radius 1 is 1.50 bits per heavy atom. The first kappa shape index (κ1) is 17.3. The van der Waals surface area contributed by atoms with Gasteiger partial charge in [0.05, 0.1) is 16.7 Å². The van der Waals surface area contributed by atoms with Crippen molar-refractivity contribution in [1.82, 2.24) is 10.2 Å². The van der Waals surface area contributed by atoms with E-state index in [-0.39, 0.29) is 6.04 Å². The first-order valence-corrected chi connectivity index (χ1v) is 8.02. The van der Waals surface area contributed by atoms with E-state index in [1.807, 2.05) is 18.7 Å². The summed E-state index contributed by atoms with van der Waals surface area (Å²) < 4.78 is 5.39. The fraction of sp³-hybridized carbons (Fsp3) is 0.533. The first-order chi connectivity index (χ1) is 10.5. The van der Waals surface area contributed by atoms with Crippen molar-refractivity contribution < 1.29 is 14.6 Å². The van der Waals surface area contributed by atoms with E-state index < -0.39 is 12.0 Å². The molecular weight excluding hydrogens is 327 g/mol. The van der Waals surface area contributed by atoms with Gasteiger partial charge < -0.3 is 15.2 Å². The predicted octanol–water partition coefficient (Wildman–Crippen LogP) is 2.81. The molecule has 2 N–H and O–H groups in total. The molecule has 7 heteroatoms. The largest absolute Gasteiger partial charge is 0.491 e. The van der Waals surface area contributed by atoms with Crippen LogP contribution in [0.5, 0.6) is 5.75 Å². The van der Waals surface area contributed by atoms with E-state index in [2.05, 4.69) is 5.32 Å². The van der Waals surface area contributed by atoms with Gasteiger partial charge in [0.25, 0.3) is 0 Å². The predicted molar refractivity (Wildman–Crippen MR) is 87.0 cm³/mol. The molecule has 0 aliphatic carbocycles. The van der Waals surface area contributed by atoms with Crippen molar-refractivity contribution in [3.63, 3.8) is 0 Å². The third-order valence-corrected chi connectivity index (χ3v) is 4.30. The van der Waals surface area contributed by atoms with Crippen molar-refractivity contribution in [2.75, 3.05) is 26.2 Å². The summed E-state index contributed by atoms with van der Waals surface area (Å²) in [5.74, 6) is -0.517. The third-order valence-electron chi connectivity index (χ3n) is 3.74. The number of piperazine rings is 1. The normalized spacial score (nSPS) is 20.6. The molecule has 1 heterocycles. The van der Waals surface area contributed by atoms with E-state index >= 15 is 0 Å². The van der Waals surface area contributed by atoms with Gasteiger partial charge in [0.15, 0.2) is 5.75 Å². The molecule has 2 unspecified atom stereocenters. The van der Waals surface area contributed by atoms with Gasteiger partial charge in [-0.3, -0.25) is 9.69 Å². The van der Waals surface area contributed by atoms with Gasteiger partial charge in [0.2, 0.25) is 0 Å². The second-order valence-electron chi connectivity index (χ2n) is 5.28. The zero-order valence-electron chi connectivity index (χ0n) is 12.6. The Hall–Kier alpha value is -1.01. The molecule has 0 radical (unpaired) electrons. The van der Waals surface area contributed by atoms with Crippen molar-refractivity contribution in [3.05, 3.63) is 27.7 Å². The molecule has 0 bridgehead atoms. The molecule has 0 saturated carbocycles. The smallest absolute Gasteiger partial charge is 0.325 e. The van der Waals surface area contributed by atoms with Gasteiger partial charge in [-0.25, -0.2) is 0 Å². The number of nitrogens with zero attached hydrogens (tertiary/aromatic N) is 1. The van der Waals surface area contributed by atoms with Crippen molar-refractivity contribution in [2.45, 2.75) is 25.9 Å². The molecule has 22 heavy (non-hydrogen) atoms. The fourth-order valence-corrected chi connectivity index (χ4v) is 3.35. The number of halogens is 2. The lowest BCUT2D eigenvalue weighted by molar-refractivity contribution is -0.145. The summed E-state index contributed by atoms with van der Waals surface area (Å²) in [5.41, 5.74) is 0.569. The lowest BCUT2D eigenvalue weighted by atomic mass is 10.0. The van der Waals surface area contributed by atoms with Crippen LogP contribution in [0.4, 0.5) is 0 Å². The molecule has 1 fully saturated rings. The number of ether oxygens (including phenoxy) is 1. The van der Waals surface area contributed by atoms with Gasteiger partial charge in [-0.15, -0.1) is 0 Å². The first-order valence-electron chi connectivity index (χ1n) is 7.26. The second kappa shape index (κ2) is 7.51. The van der Waals surface area contributed by atoms with Gasteiger partial charge in [-0.05, 0) is 31.5 Å². The van der Waals surface area contributed by atoms with Crippen molar-refractivity contribution >= 4 is 29.2 Å². The summed E-state index contributed by atoms with van der Waals surface area (Å²) in [6, 6.07) is 2.60. The number of carboxylic acids is 1. The highest BCUT2D eigenvalue weighted by atomic mass is 35.5. The lowest BCUT2D eigenvalue weighted by Crippen LogP contribution is -2.52. The van der Waals surface area contributed by atoms with Gasteiger partial charge in [-0.1, -0.05) is 23.2 Å². The second-order valence-corrected chi connectivity index (χ2v) is 6.09. The van der Waals surface area contributed by atoms with Crippen LogP contribution < -0.4 is 10.1 Å². The molecule has 1 aromatic carbocycles. The molecule has 0 aromatic heterocycles. The van der Waals surface area contributed by atoms with Crippen molar-refractivity contribution in [1.29, 1.82) is 0 Å². The Labute approximate surface area is 140 Å². The number of rotatable bonds is 5. The molecule has 1 aliphatic rings. The van der Waals surface area contributed by atoms with E-state index in [1.165, 1.54) is 0 Å². The van der Waals surface area contributed by atoms with E-state index in [1.54, 1.807) is 12.1 Å². The summed E-state index contributed by atoms with van der Waals surface area (Å²) in [4.78, 5) is 13.7. The topological polar surface area (TPSA) is 61.8 Å². The minimum Gasteiger partial charge on any atom is -0.491 e. The number of nitrogens with one attached hydrogen (secondary N) is 1. The van der Waals surface area contributed by atoms with Crippen molar-refractivity contribution in [2.24, 2.45) is 0 Å². The summed E-state index contributed by atoms with van der Waals surface area (Å²) in [6.07, 6.45) is 0. The van der Waals surface area contributed by atoms with E-state index in [4.69, 9.17) is 27.9 Å². The molecule has 0 amide bonds.